The number of nitrogens with one attached hydrogen (secondary N) is 1. The monoisotopic (exact) mass is 288 g/mol. The molecule has 0 rings (SSSR count). The van der Waals surface area contributed by atoms with Gasteiger partial charge in [-0.05, 0) is 31.7 Å². The van der Waals surface area contributed by atoms with Crippen LogP contribution in [0.5, 0.6) is 0 Å². The second kappa shape index (κ2) is 11.5. The van der Waals surface area contributed by atoms with E-state index in [-0.39, 0.29) is 0 Å². The molecular formula is C16H36N2O2. The van der Waals surface area contributed by atoms with E-state index in [4.69, 9.17) is 9.47 Å². The van der Waals surface area contributed by atoms with Gasteiger partial charge in [0.05, 0.1) is 13.2 Å². The zero-order valence-electron chi connectivity index (χ0n) is 14.5. The third kappa shape index (κ3) is 8.20. The van der Waals surface area contributed by atoms with Gasteiger partial charge in [0.25, 0.3) is 0 Å². The molecule has 0 aromatic rings. The van der Waals surface area contributed by atoms with Crippen molar-refractivity contribution in [3.63, 3.8) is 0 Å². The van der Waals surface area contributed by atoms with Crippen LogP contribution in [0.15, 0.2) is 0 Å². The fourth-order valence-corrected chi connectivity index (χ4v) is 2.36. The minimum Gasteiger partial charge on any atom is -0.383 e. The summed E-state index contributed by atoms with van der Waals surface area (Å²) in [6, 6.07) is 0.423. The SMILES string of the molecule is CCCNCC(C)(CC)CN(CCOC)C(C)COC. The molecule has 0 fully saturated rings. The lowest BCUT2D eigenvalue weighted by Crippen LogP contribution is -2.47. The molecule has 0 radical (unpaired) electrons. The Labute approximate surface area is 126 Å². The van der Waals surface area contributed by atoms with Crippen LogP contribution in [-0.2, 0) is 9.47 Å². The summed E-state index contributed by atoms with van der Waals surface area (Å²) in [5.41, 5.74) is 0.297. The van der Waals surface area contributed by atoms with Crippen molar-refractivity contribution in [1.29, 1.82) is 0 Å². The zero-order valence-corrected chi connectivity index (χ0v) is 14.5. The van der Waals surface area contributed by atoms with Crippen molar-refractivity contribution >= 4 is 0 Å². The Balaban J connectivity index is 4.53. The van der Waals surface area contributed by atoms with Gasteiger partial charge in [-0.2, -0.15) is 0 Å². The lowest BCUT2D eigenvalue weighted by Gasteiger charge is -2.38. The number of hydrogen-bond donors (Lipinski definition) is 1. The molecule has 0 aromatic carbocycles. The molecule has 0 heterocycles. The summed E-state index contributed by atoms with van der Waals surface area (Å²) in [4.78, 5) is 2.49. The van der Waals surface area contributed by atoms with Gasteiger partial charge in [0.1, 0.15) is 0 Å². The van der Waals surface area contributed by atoms with Crippen molar-refractivity contribution in [2.75, 3.05) is 53.6 Å². The Morgan fingerprint density at radius 3 is 2.40 bits per heavy atom. The summed E-state index contributed by atoms with van der Waals surface area (Å²) in [7, 11) is 3.54. The molecule has 0 aromatic heterocycles. The van der Waals surface area contributed by atoms with Gasteiger partial charge in [0.2, 0.25) is 0 Å². The van der Waals surface area contributed by atoms with Crippen LogP contribution < -0.4 is 5.32 Å². The van der Waals surface area contributed by atoms with Crippen LogP contribution >= 0.6 is 0 Å². The second-order valence-electron chi connectivity index (χ2n) is 6.11. The molecule has 1 N–H and O–H groups in total. The van der Waals surface area contributed by atoms with Crippen molar-refractivity contribution in [2.24, 2.45) is 5.41 Å². The largest absolute Gasteiger partial charge is 0.383 e. The molecule has 0 saturated heterocycles. The van der Waals surface area contributed by atoms with Gasteiger partial charge >= 0.3 is 0 Å². The minimum atomic E-state index is 0.297. The standard InChI is InChI=1S/C16H36N2O2/c1-7-9-17-13-16(4,8-2)14-18(10-11-19-5)15(3)12-20-6/h15,17H,7-14H2,1-6H3. The number of methoxy groups -OCH3 is 2. The van der Waals surface area contributed by atoms with Gasteiger partial charge in [-0.3, -0.25) is 4.90 Å². The smallest absolute Gasteiger partial charge is 0.0615 e. The third-order valence-electron chi connectivity index (χ3n) is 4.03. The van der Waals surface area contributed by atoms with Crippen LogP contribution in [0.3, 0.4) is 0 Å². The Morgan fingerprint density at radius 2 is 1.90 bits per heavy atom. The van der Waals surface area contributed by atoms with Gasteiger partial charge in [-0.25, -0.2) is 0 Å². The minimum absolute atomic E-state index is 0.297. The second-order valence-corrected chi connectivity index (χ2v) is 6.11. The van der Waals surface area contributed by atoms with E-state index < -0.39 is 0 Å². The molecule has 0 saturated carbocycles. The Bertz CT molecular complexity index is 227. The number of hydrogen-bond acceptors (Lipinski definition) is 4. The molecule has 0 aliphatic carbocycles. The van der Waals surface area contributed by atoms with Crippen LogP contribution in [0.2, 0.25) is 0 Å². The Kier molecular flexibility index (Phi) is 11.4. The molecule has 0 aliphatic heterocycles. The number of nitrogens with zero attached hydrogens (tertiary/aromatic N) is 1. The Hall–Kier alpha value is -0.160. The summed E-state index contributed by atoms with van der Waals surface area (Å²) in [6.07, 6.45) is 2.36. The summed E-state index contributed by atoms with van der Waals surface area (Å²) >= 11 is 0. The number of rotatable bonds is 13. The average molecular weight is 288 g/mol. The van der Waals surface area contributed by atoms with Crippen molar-refractivity contribution in [3.8, 4) is 0 Å². The summed E-state index contributed by atoms with van der Waals surface area (Å²) < 4.78 is 10.6. The van der Waals surface area contributed by atoms with Crippen LogP contribution in [0.25, 0.3) is 0 Å². The Morgan fingerprint density at radius 1 is 1.20 bits per heavy atom. The first-order valence-corrected chi connectivity index (χ1v) is 7.95. The molecule has 2 unspecified atom stereocenters. The van der Waals surface area contributed by atoms with E-state index >= 15 is 0 Å². The van der Waals surface area contributed by atoms with Crippen molar-refractivity contribution in [1.82, 2.24) is 10.2 Å². The van der Waals surface area contributed by atoms with Crippen LogP contribution in [0.4, 0.5) is 0 Å². The van der Waals surface area contributed by atoms with Crippen molar-refractivity contribution in [2.45, 2.75) is 46.6 Å². The van der Waals surface area contributed by atoms with Gasteiger partial charge in [0.15, 0.2) is 0 Å². The van der Waals surface area contributed by atoms with E-state index in [0.29, 0.717) is 11.5 Å². The van der Waals surface area contributed by atoms with E-state index in [1.165, 1.54) is 12.8 Å². The predicted molar refractivity (Wildman–Crippen MR) is 86.3 cm³/mol. The van der Waals surface area contributed by atoms with Crippen molar-refractivity contribution in [3.05, 3.63) is 0 Å². The van der Waals surface area contributed by atoms with E-state index in [0.717, 1.165) is 39.4 Å². The molecule has 0 amide bonds. The fourth-order valence-electron chi connectivity index (χ4n) is 2.36. The van der Waals surface area contributed by atoms with Gasteiger partial charge in [-0.15, -0.1) is 0 Å². The van der Waals surface area contributed by atoms with Gasteiger partial charge < -0.3 is 14.8 Å². The lowest BCUT2D eigenvalue weighted by molar-refractivity contribution is 0.0459. The van der Waals surface area contributed by atoms with E-state index in [9.17, 15) is 0 Å². The maximum Gasteiger partial charge on any atom is 0.0615 e. The normalized spacial score (nSPS) is 16.4. The van der Waals surface area contributed by atoms with Gasteiger partial charge in [0, 0.05) is 39.9 Å². The van der Waals surface area contributed by atoms with Gasteiger partial charge in [-0.1, -0.05) is 20.8 Å². The lowest BCUT2D eigenvalue weighted by atomic mass is 9.86. The molecule has 122 valence electrons. The van der Waals surface area contributed by atoms with Crippen molar-refractivity contribution < 1.29 is 9.47 Å². The van der Waals surface area contributed by atoms with E-state index in [2.05, 4.69) is 37.9 Å². The first kappa shape index (κ1) is 19.8. The molecule has 20 heavy (non-hydrogen) atoms. The first-order chi connectivity index (χ1) is 9.52. The van der Waals surface area contributed by atoms with E-state index in [1.807, 2.05) is 0 Å². The maximum atomic E-state index is 5.31. The molecule has 2 atom stereocenters. The third-order valence-corrected chi connectivity index (χ3v) is 4.03. The summed E-state index contributed by atoms with van der Waals surface area (Å²) in [5.74, 6) is 0. The van der Waals surface area contributed by atoms with Crippen LogP contribution in [-0.4, -0.2) is 64.6 Å². The first-order valence-electron chi connectivity index (χ1n) is 7.95. The highest BCUT2D eigenvalue weighted by molar-refractivity contribution is 4.82. The zero-order chi connectivity index (χ0) is 15.4. The number of ether oxygens (including phenoxy) is 2. The van der Waals surface area contributed by atoms with Crippen LogP contribution in [0, 0.1) is 5.41 Å². The maximum absolute atomic E-state index is 5.31. The summed E-state index contributed by atoms with van der Waals surface area (Å²) in [6.45, 7) is 14.8. The topological polar surface area (TPSA) is 33.7 Å². The van der Waals surface area contributed by atoms with Crippen LogP contribution in [0.1, 0.15) is 40.5 Å². The quantitative estimate of drug-likeness (QED) is 0.528. The molecule has 0 bridgehead atoms. The molecule has 0 spiro atoms. The molecule has 4 heteroatoms. The predicted octanol–water partition coefficient (Wildman–Crippen LogP) is 2.39. The average Bonchev–Trinajstić information content (AvgIpc) is 2.44. The molecule has 4 nitrogen and oxygen atoms in total. The van der Waals surface area contributed by atoms with E-state index in [1.54, 1.807) is 14.2 Å². The highest BCUT2D eigenvalue weighted by atomic mass is 16.5. The molecule has 0 aliphatic rings. The highest BCUT2D eigenvalue weighted by Gasteiger charge is 2.27. The summed E-state index contributed by atoms with van der Waals surface area (Å²) in [5, 5.41) is 3.57. The molecular weight excluding hydrogens is 252 g/mol. The fraction of sp³-hybridized carbons (Fsp3) is 1.00. The highest BCUT2D eigenvalue weighted by Crippen LogP contribution is 2.23.